The Balaban J connectivity index is 1.79. The van der Waals surface area contributed by atoms with Gasteiger partial charge in [-0.1, -0.05) is 29.3 Å². The minimum atomic E-state index is -0.373. The van der Waals surface area contributed by atoms with Crippen LogP contribution in [0.15, 0.2) is 36.4 Å². The highest BCUT2D eigenvalue weighted by Crippen LogP contribution is 2.21. The van der Waals surface area contributed by atoms with E-state index in [-0.39, 0.29) is 25.0 Å². The van der Waals surface area contributed by atoms with Crippen LogP contribution in [0, 0.1) is 20.8 Å². The molecule has 2 rings (SSSR count). The lowest BCUT2D eigenvalue weighted by Gasteiger charge is -2.13. The minimum Gasteiger partial charge on any atom is -0.484 e. The summed E-state index contributed by atoms with van der Waals surface area (Å²) in [5.41, 5.74) is 3.90. The zero-order valence-electron chi connectivity index (χ0n) is 14.5. The maximum Gasteiger partial charge on any atom is 0.258 e. The number of rotatable bonds is 6. The molecule has 0 aliphatic carbocycles. The first kappa shape index (κ1) is 18.8. The maximum absolute atomic E-state index is 12.0. The van der Waals surface area contributed by atoms with Crippen molar-refractivity contribution in [3.05, 3.63) is 58.1 Å². The number of amides is 2. The van der Waals surface area contributed by atoms with E-state index in [1.54, 1.807) is 24.3 Å². The molecule has 0 radical (unpaired) electrons. The van der Waals surface area contributed by atoms with Gasteiger partial charge in [0.15, 0.2) is 6.61 Å². The summed E-state index contributed by atoms with van der Waals surface area (Å²) in [4.78, 5) is 23.8. The predicted octanol–water partition coefficient (Wildman–Crippen LogP) is 3.40. The summed E-state index contributed by atoms with van der Waals surface area (Å²) < 4.78 is 5.32. The highest BCUT2D eigenvalue weighted by molar-refractivity contribution is 6.30. The van der Waals surface area contributed by atoms with Crippen molar-refractivity contribution in [3.8, 4) is 5.75 Å². The summed E-state index contributed by atoms with van der Waals surface area (Å²) in [6.07, 6.45) is 0. The van der Waals surface area contributed by atoms with Crippen molar-refractivity contribution >= 4 is 29.1 Å². The van der Waals surface area contributed by atoms with E-state index >= 15 is 0 Å². The lowest BCUT2D eigenvalue weighted by atomic mass is 10.1. The average molecular weight is 361 g/mol. The van der Waals surface area contributed by atoms with Gasteiger partial charge in [0, 0.05) is 10.7 Å². The Hall–Kier alpha value is -2.53. The van der Waals surface area contributed by atoms with Crippen LogP contribution in [0.1, 0.15) is 16.7 Å². The fourth-order valence-corrected chi connectivity index (χ4v) is 2.60. The molecule has 0 saturated heterocycles. The van der Waals surface area contributed by atoms with Crippen molar-refractivity contribution in [1.82, 2.24) is 5.32 Å². The normalized spacial score (nSPS) is 10.2. The molecule has 0 aliphatic rings. The summed E-state index contributed by atoms with van der Waals surface area (Å²) in [5, 5.41) is 5.96. The molecule has 0 unspecified atom stereocenters. The second-order valence-corrected chi connectivity index (χ2v) is 6.28. The second kappa shape index (κ2) is 8.53. The molecule has 2 aromatic rings. The van der Waals surface area contributed by atoms with E-state index in [9.17, 15) is 9.59 Å². The molecule has 2 N–H and O–H groups in total. The van der Waals surface area contributed by atoms with E-state index in [2.05, 4.69) is 10.6 Å². The van der Waals surface area contributed by atoms with E-state index in [4.69, 9.17) is 16.3 Å². The van der Waals surface area contributed by atoms with Gasteiger partial charge in [-0.3, -0.25) is 9.59 Å². The molecule has 0 aromatic heterocycles. The Morgan fingerprint density at radius 2 is 1.60 bits per heavy atom. The van der Waals surface area contributed by atoms with Gasteiger partial charge in [-0.15, -0.1) is 0 Å². The SMILES string of the molecule is Cc1cc(C)c(NC(=O)CNC(=O)COc2ccc(Cl)cc2)c(C)c1. The molecule has 2 aromatic carbocycles. The molecule has 5 nitrogen and oxygen atoms in total. The van der Waals surface area contributed by atoms with Gasteiger partial charge >= 0.3 is 0 Å². The Morgan fingerprint density at radius 1 is 1.00 bits per heavy atom. The molecule has 0 saturated carbocycles. The Morgan fingerprint density at radius 3 is 2.20 bits per heavy atom. The number of carbonyl (C=O) groups excluding carboxylic acids is 2. The van der Waals surface area contributed by atoms with E-state index in [1.807, 2.05) is 32.9 Å². The molecule has 6 heteroatoms. The van der Waals surface area contributed by atoms with Gasteiger partial charge < -0.3 is 15.4 Å². The van der Waals surface area contributed by atoms with Crippen LogP contribution in [0.4, 0.5) is 5.69 Å². The molecule has 2 amide bonds. The highest BCUT2D eigenvalue weighted by Gasteiger charge is 2.10. The Bertz CT molecular complexity index is 750. The zero-order valence-corrected chi connectivity index (χ0v) is 15.2. The smallest absolute Gasteiger partial charge is 0.258 e. The summed E-state index contributed by atoms with van der Waals surface area (Å²) in [6.45, 7) is 5.60. The highest BCUT2D eigenvalue weighted by atomic mass is 35.5. The molecular formula is C19H21ClN2O3. The molecule has 0 spiro atoms. The third kappa shape index (κ3) is 5.80. The van der Waals surface area contributed by atoms with Gasteiger partial charge in [-0.2, -0.15) is 0 Å². The molecular weight excluding hydrogens is 340 g/mol. The summed E-state index contributed by atoms with van der Waals surface area (Å²) >= 11 is 5.78. The lowest BCUT2D eigenvalue weighted by Crippen LogP contribution is -2.36. The molecule has 0 atom stereocenters. The van der Waals surface area contributed by atoms with Crippen molar-refractivity contribution in [2.24, 2.45) is 0 Å². The number of aryl methyl sites for hydroxylation is 3. The molecule has 0 aliphatic heterocycles. The Labute approximate surface area is 152 Å². The lowest BCUT2D eigenvalue weighted by molar-refractivity contribution is -0.125. The van der Waals surface area contributed by atoms with Crippen LogP contribution < -0.4 is 15.4 Å². The van der Waals surface area contributed by atoms with Gasteiger partial charge in [-0.25, -0.2) is 0 Å². The first-order chi connectivity index (χ1) is 11.8. The second-order valence-electron chi connectivity index (χ2n) is 5.84. The topological polar surface area (TPSA) is 67.4 Å². The van der Waals surface area contributed by atoms with Gasteiger partial charge in [0.1, 0.15) is 5.75 Å². The fourth-order valence-electron chi connectivity index (χ4n) is 2.47. The van der Waals surface area contributed by atoms with Crippen molar-refractivity contribution in [2.75, 3.05) is 18.5 Å². The van der Waals surface area contributed by atoms with Crippen molar-refractivity contribution < 1.29 is 14.3 Å². The number of carbonyl (C=O) groups is 2. The average Bonchev–Trinajstić information content (AvgIpc) is 2.55. The molecule has 0 bridgehead atoms. The van der Waals surface area contributed by atoms with Gasteiger partial charge in [-0.05, 0) is 56.2 Å². The number of halogens is 1. The quantitative estimate of drug-likeness (QED) is 0.829. The van der Waals surface area contributed by atoms with Gasteiger partial charge in [0.2, 0.25) is 5.91 Å². The van der Waals surface area contributed by atoms with Crippen LogP contribution in [-0.4, -0.2) is 25.0 Å². The van der Waals surface area contributed by atoms with E-state index in [0.29, 0.717) is 10.8 Å². The van der Waals surface area contributed by atoms with Crippen molar-refractivity contribution in [1.29, 1.82) is 0 Å². The third-order valence-corrected chi connectivity index (χ3v) is 3.82. The van der Waals surface area contributed by atoms with Crippen LogP contribution in [0.3, 0.4) is 0 Å². The van der Waals surface area contributed by atoms with Crippen LogP contribution in [-0.2, 0) is 9.59 Å². The molecule has 25 heavy (non-hydrogen) atoms. The first-order valence-electron chi connectivity index (χ1n) is 7.88. The van der Waals surface area contributed by atoms with Crippen LogP contribution in [0.2, 0.25) is 5.02 Å². The van der Waals surface area contributed by atoms with E-state index in [1.165, 1.54) is 0 Å². The van der Waals surface area contributed by atoms with Crippen LogP contribution in [0.5, 0.6) is 5.75 Å². The maximum atomic E-state index is 12.0. The zero-order chi connectivity index (χ0) is 18.4. The largest absolute Gasteiger partial charge is 0.484 e. The van der Waals surface area contributed by atoms with Crippen molar-refractivity contribution in [3.63, 3.8) is 0 Å². The molecule has 0 fully saturated rings. The number of nitrogens with one attached hydrogen (secondary N) is 2. The summed E-state index contributed by atoms with van der Waals surface area (Å²) in [5.74, 6) is -0.118. The summed E-state index contributed by atoms with van der Waals surface area (Å²) in [6, 6.07) is 10.7. The number of hydrogen-bond donors (Lipinski definition) is 2. The van der Waals surface area contributed by atoms with Gasteiger partial charge in [0.05, 0.1) is 6.54 Å². The fraction of sp³-hybridized carbons (Fsp3) is 0.263. The molecule has 0 heterocycles. The first-order valence-corrected chi connectivity index (χ1v) is 8.25. The predicted molar refractivity (Wildman–Crippen MR) is 99.2 cm³/mol. The number of hydrogen-bond acceptors (Lipinski definition) is 3. The van der Waals surface area contributed by atoms with E-state index in [0.717, 1.165) is 22.4 Å². The number of ether oxygens (including phenoxy) is 1. The summed E-state index contributed by atoms with van der Waals surface area (Å²) in [7, 11) is 0. The number of anilines is 1. The minimum absolute atomic E-state index is 0.116. The van der Waals surface area contributed by atoms with Crippen LogP contribution in [0.25, 0.3) is 0 Å². The van der Waals surface area contributed by atoms with Gasteiger partial charge in [0.25, 0.3) is 5.91 Å². The van der Waals surface area contributed by atoms with Crippen LogP contribution >= 0.6 is 11.6 Å². The third-order valence-electron chi connectivity index (χ3n) is 3.57. The Kier molecular flexibility index (Phi) is 6.42. The van der Waals surface area contributed by atoms with Crippen molar-refractivity contribution in [2.45, 2.75) is 20.8 Å². The number of benzene rings is 2. The monoisotopic (exact) mass is 360 g/mol. The molecule has 132 valence electrons. The van der Waals surface area contributed by atoms with E-state index < -0.39 is 0 Å². The standard InChI is InChI=1S/C19H21ClN2O3/c1-12-8-13(2)19(14(3)9-12)22-17(23)10-21-18(24)11-25-16-6-4-15(20)5-7-16/h4-9H,10-11H2,1-3H3,(H,21,24)(H,22,23).